The predicted octanol–water partition coefficient (Wildman–Crippen LogP) is -0.689. The Hall–Kier alpha value is -0.990. The third-order valence-corrected chi connectivity index (χ3v) is 2.59. The standard InChI is InChI=1S/C9H12N2O2S/c1-2-4-14-5-3-11-6-8(12)10-9(13)7-11/h1H,3-7H2,(H,10,12,13). The zero-order chi connectivity index (χ0) is 10.4. The van der Waals surface area contributed by atoms with E-state index in [2.05, 4.69) is 11.2 Å². The van der Waals surface area contributed by atoms with Crippen molar-refractivity contribution in [1.29, 1.82) is 0 Å². The summed E-state index contributed by atoms with van der Waals surface area (Å²) in [5.74, 6) is 3.61. The van der Waals surface area contributed by atoms with Gasteiger partial charge in [0.2, 0.25) is 11.8 Å². The Morgan fingerprint density at radius 3 is 2.64 bits per heavy atom. The van der Waals surface area contributed by atoms with Crippen molar-refractivity contribution in [2.45, 2.75) is 0 Å². The molecular formula is C9H12N2O2S. The third kappa shape index (κ3) is 3.81. The van der Waals surface area contributed by atoms with Gasteiger partial charge in [0, 0.05) is 12.3 Å². The molecule has 1 aliphatic rings. The highest BCUT2D eigenvalue weighted by Crippen LogP contribution is 2.01. The van der Waals surface area contributed by atoms with E-state index in [0.29, 0.717) is 18.8 Å². The molecule has 2 amide bonds. The van der Waals surface area contributed by atoms with Crippen LogP contribution < -0.4 is 5.32 Å². The van der Waals surface area contributed by atoms with Crippen LogP contribution in [0.5, 0.6) is 0 Å². The van der Waals surface area contributed by atoms with E-state index in [0.717, 1.165) is 12.3 Å². The van der Waals surface area contributed by atoms with Crippen LogP contribution in [0.15, 0.2) is 0 Å². The summed E-state index contributed by atoms with van der Waals surface area (Å²) < 4.78 is 0. The second kappa shape index (κ2) is 5.68. The zero-order valence-corrected chi connectivity index (χ0v) is 8.60. The topological polar surface area (TPSA) is 49.4 Å². The maximum atomic E-state index is 11.0. The number of thioether (sulfide) groups is 1. The van der Waals surface area contributed by atoms with Crippen LogP contribution in [0, 0.1) is 12.3 Å². The number of hydrogen-bond donors (Lipinski definition) is 1. The van der Waals surface area contributed by atoms with Crippen molar-refractivity contribution in [3.63, 3.8) is 0 Å². The molecule has 0 aromatic rings. The second-order valence-corrected chi connectivity index (χ2v) is 4.04. The van der Waals surface area contributed by atoms with Crippen LogP contribution in [0.25, 0.3) is 0 Å². The minimum absolute atomic E-state index is 0.219. The molecule has 0 aromatic carbocycles. The summed E-state index contributed by atoms with van der Waals surface area (Å²) in [6.45, 7) is 1.34. The lowest BCUT2D eigenvalue weighted by atomic mass is 10.3. The van der Waals surface area contributed by atoms with Crippen LogP contribution in [-0.2, 0) is 9.59 Å². The Kier molecular flexibility index (Phi) is 4.50. The summed E-state index contributed by atoms with van der Waals surface area (Å²) in [5, 5.41) is 2.25. The first-order chi connectivity index (χ1) is 6.72. The first kappa shape index (κ1) is 11.1. The Bertz CT molecular complexity index is 256. The van der Waals surface area contributed by atoms with Crippen molar-refractivity contribution >= 4 is 23.6 Å². The second-order valence-electron chi connectivity index (χ2n) is 2.94. The van der Waals surface area contributed by atoms with Gasteiger partial charge in [0.25, 0.3) is 0 Å². The van der Waals surface area contributed by atoms with Gasteiger partial charge in [-0.15, -0.1) is 18.2 Å². The SMILES string of the molecule is C#CCSCCN1CC(=O)NC(=O)C1. The van der Waals surface area contributed by atoms with Gasteiger partial charge >= 0.3 is 0 Å². The molecule has 5 heteroatoms. The number of piperazine rings is 1. The number of terminal acetylenes is 1. The fourth-order valence-electron chi connectivity index (χ4n) is 1.18. The van der Waals surface area contributed by atoms with Crippen molar-refractivity contribution < 1.29 is 9.59 Å². The van der Waals surface area contributed by atoms with E-state index in [-0.39, 0.29) is 11.8 Å². The number of carbonyl (C=O) groups is 2. The van der Waals surface area contributed by atoms with Gasteiger partial charge in [0.15, 0.2) is 0 Å². The first-order valence-electron chi connectivity index (χ1n) is 4.28. The van der Waals surface area contributed by atoms with Crippen molar-refractivity contribution in [3.8, 4) is 12.3 Å². The lowest BCUT2D eigenvalue weighted by Gasteiger charge is -2.24. The van der Waals surface area contributed by atoms with Gasteiger partial charge in [-0.05, 0) is 0 Å². The summed E-state index contributed by atoms with van der Waals surface area (Å²) in [6.07, 6.45) is 5.09. The molecule has 1 N–H and O–H groups in total. The molecule has 0 radical (unpaired) electrons. The highest BCUT2D eigenvalue weighted by Gasteiger charge is 2.21. The van der Waals surface area contributed by atoms with Crippen LogP contribution in [-0.4, -0.2) is 47.9 Å². The summed E-state index contributed by atoms with van der Waals surface area (Å²) >= 11 is 1.63. The molecule has 14 heavy (non-hydrogen) atoms. The molecule has 0 spiro atoms. The van der Waals surface area contributed by atoms with Gasteiger partial charge in [0.1, 0.15) is 0 Å². The fraction of sp³-hybridized carbons (Fsp3) is 0.556. The molecule has 0 atom stereocenters. The van der Waals surface area contributed by atoms with Gasteiger partial charge in [-0.3, -0.25) is 19.8 Å². The lowest BCUT2D eigenvalue weighted by molar-refractivity contribution is -0.135. The van der Waals surface area contributed by atoms with E-state index < -0.39 is 0 Å². The lowest BCUT2D eigenvalue weighted by Crippen LogP contribution is -2.51. The number of rotatable bonds is 4. The van der Waals surface area contributed by atoms with Crippen LogP contribution in [0.3, 0.4) is 0 Å². The molecule has 0 saturated carbocycles. The van der Waals surface area contributed by atoms with E-state index in [1.54, 1.807) is 11.8 Å². The molecular weight excluding hydrogens is 200 g/mol. The maximum absolute atomic E-state index is 11.0. The van der Waals surface area contributed by atoms with Crippen molar-refractivity contribution in [2.75, 3.05) is 31.1 Å². The van der Waals surface area contributed by atoms with Gasteiger partial charge in [-0.2, -0.15) is 0 Å². The van der Waals surface area contributed by atoms with Crippen molar-refractivity contribution in [2.24, 2.45) is 0 Å². The highest BCUT2D eigenvalue weighted by molar-refractivity contribution is 7.99. The third-order valence-electron chi connectivity index (χ3n) is 1.75. The average molecular weight is 212 g/mol. The number of hydrogen-bond acceptors (Lipinski definition) is 4. The fourth-order valence-corrected chi connectivity index (χ4v) is 1.83. The van der Waals surface area contributed by atoms with Crippen LogP contribution in [0.2, 0.25) is 0 Å². The van der Waals surface area contributed by atoms with Gasteiger partial charge in [0.05, 0.1) is 18.8 Å². The van der Waals surface area contributed by atoms with E-state index in [1.807, 2.05) is 4.90 Å². The largest absolute Gasteiger partial charge is 0.294 e. The molecule has 76 valence electrons. The normalized spacial score (nSPS) is 17.6. The Labute approximate surface area is 87.4 Å². The minimum atomic E-state index is -0.219. The van der Waals surface area contributed by atoms with E-state index in [9.17, 15) is 9.59 Å². The monoisotopic (exact) mass is 212 g/mol. The maximum Gasteiger partial charge on any atom is 0.240 e. The minimum Gasteiger partial charge on any atom is -0.294 e. The molecule has 0 aliphatic carbocycles. The van der Waals surface area contributed by atoms with Crippen molar-refractivity contribution in [3.05, 3.63) is 0 Å². The van der Waals surface area contributed by atoms with Crippen LogP contribution in [0.1, 0.15) is 0 Å². The Morgan fingerprint density at radius 1 is 1.43 bits per heavy atom. The Morgan fingerprint density at radius 2 is 2.07 bits per heavy atom. The number of nitrogens with zero attached hydrogens (tertiary/aromatic N) is 1. The van der Waals surface area contributed by atoms with Crippen LogP contribution >= 0.6 is 11.8 Å². The molecule has 1 fully saturated rings. The number of nitrogens with one attached hydrogen (secondary N) is 1. The molecule has 0 bridgehead atoms. The van der Waals surface area contributed by atoms with E-state index in [4.69, 9.17) is 6.42 Å². The summed E-state index contributed by atoms with van der Waals surface area (Å²) in [4.78, 5) is 23.7. The molecule has 0 aromatic heterocycles. The Balaban J connectivity index is 2.21. The van der Waals surface area contributed by atoms with Gasteiger partial charge in [-0.25, -0.2) is 0 Å². The highest BCUT2D eigenvalue weighted by atomic mass is 32.2. The molecule has 0 unspecified atom stereocenters. The van der Waals surface area contributed by atoms with Gasteiger partial charge < -0.3 is 0 Å². The van der Waals surface area contributed by atoms with E-state index >= 15 is 0 Å². The summed E-state index contributed by atoms with van der Waals surface area (Å²) in [7, 11) is 0. The molecule has 1 heterocycles. The predicted molar refractivity (Wildman–Crippen MR) is 55.7 cm³/mol. The van der Waals surface area contributed by atoms with Crippen molar-refractivity contribution in [1.82, 2.24) is 10.2 Å². The molecule has 1 aliphatic heterocycles. The number of amides is 2. The number of imide groups is 1. The molecule has 1 rings (SSSR count). The van der Waals surface area contributed by atoms with Gasteiger partial charge in [-0.1, -0.05) is 5.92 Å². The average Bonchev–Trinajstić information content (AvgIpc) is 2.11. The summed E-state index contributed by atoms with van der Waals surface area (Å²) in [5.41, 5.74) is 0. The summed E-state index contributed by atoms with van der Waals surface area (Å²) in [6, 6.07) is 0. The zero-order valence-electron chi connectivity index (χ0n) is 7.78. The quantitative estimate of drug-likeness (QED) is 0.381. The number of carbonyl (C=O) groups excluding carboxylic acids is 2. The van der Waals surface area contributed by atoms with E-state index in [1.165, 1.54) is 0 Å². The molecule has 1 saturated heterocycles. The first-order valence-corrected chi connectivity index (χ1v) is 5.44. The molecule has 4 nitrogen and oxygen atoms in total. The smallest absolute Gasteiger partial charge is 0.240 e. The van der Waals surface area contributed by atoms with Crippen LogP contribution in [0.4, 0.5) is 0 Å².